The average molecular weight is 261 g/mol. The highest BCUT2D eigenvalue weighted by Crippen LogP contribution is 2.09. The summed E-state index contributed by atoms with van der Waals surface area (Å²) < 4.78 is 4.03. The Hall–Kier alpha value is -1.62. The van der Waals surface area contributed by atoms with E-state index in [4.69, 9.17) is 0 Å². The summed E-state index contributed by atoms with van der Waals surface area (Å²) in [6.45, 7) is 11.0. The van der Waals surface area contributed by atoms with Gasteiger partial charge in [-0.25, -0.2) is 0 Å². The number of aryl methyl sites for hydroxylation is 2. The Labute approximate surface area is 114 Å². The zero-order valence-corrected chi connectivity index (χ0v) is 12.2. The first-order chi connectivity index (χ1) is 9.11. The zero-order chi connectivity index (χ0) is 13.8. The fourth-order valence-corrected chi connectivity index (χ4v) is 2.17. The number of aromatic nitrogens is 4. The minimum absolute atomic E-state index is 0.399. The maximum atomic E-state index is 4.45. The number of rotatable bonds is 6. The van der Waals surface area contributed by atoms with E-state index in [9.17, 15) is 0 Å². The second-order valence-corrected chi connectivity index (χ2v) is 5.06. The van der Waals surface area contributed by atoms with Crippen molar-refractivity contribution in [2.24, 2.45) is 0 Å². The van der Waals surface area contributed by atoms with Crippen molar-refractivity contribution < 1.29 is 0 Å². The molecule has 0 unspecified atom stereocenters. The van der Waals surface area contributed by atoms with Crippen molar-refractivity contribution >= 4 is 0 Å². The lowest BCUT2D eigenvalue weighted by Gasteiger charge is -2.11. The van der Waals surface area contributed by atoms with Gasteiger partial charge in [0, 0.05) is 43.6 Å². The van der Waals surface area contributed by atoms with Crippen LogP contribution in [0.15, 0.2) is 18.5 Å². The average Bonchev–Trinajstić information content (AvgIpc) is 2.97. The van der Waals surface area contributed by atoms with Gasteiger partial charge in [0.1, 0.15) is 0 Å². The van der Waals surface area contributed by atoms with Crippen LogP contribution in [0.3, 0.4) is 0 Å². The summed E-state index contributed by atoms with van der Waals surface area (Å²) in [5, 5.41) is 12.2. The SMILES string of the molecule is CCn1cc(CNCc2ccnn2C(C)C)c(C)n1. The van der Waals surface area contributed by atoms with Crippen LogP contribution >= 0.6 is 0 Å². The molecule has 0 saturated carbocycles. The first-order valence-electron chi connectivity index (χ1n) is 6.87. The van der Waals surface area contributed by atoms with Crippen LogP contribution in [-0.4, -0.2) is 19.6 Å². The van der Waals surface area contributed by atoms with Crippen molar-refractivity contribution in [1.29, 1.82) is 0 Å². The molecule has 0 radical (unpaired) electrons. The van der Waals surface area contributed by atoms with Crippen LogP contribution in [0.25, 0.3) is 0 Å². The number of nitrogens with one attached hydrogen (secondary N) is 1. The summed E-state index contributed by atoms with van der Waals surface area (Å²) >= 11 is 0. The minimum atomic E-state index is 0.399. The monoisotopic (exact) mass is 261 g/mol. The van der Waals surface area contributed by atoms with E-state index in [1.807, 2.05) is 10.9 Å². The van der Waals surface area contributed by atoms with Gasteiger partial charge in [-0.05, 0) is 33.8 Å². The van der Waals surface area contributed by atoms with Crippen LogP contribution in [0.2, 0.25) is 0 Å². The van der Waals surface area contributed by atoms with Crippen molar-refractivity contribution in [2.45, 2.75) is 53.4 Å². The Morgan fingerprint density at radius 3 is 2.74 bits per heavy atom. The van der Waals surface area contributed by atoms with E-state index < -0.39 is 0 Å². The third kappa shape index (κ3) is 3.23. The smallest absolute Gasteiger partial charge is 0.0638 e. The molecule has 1 N–H and O–H groups in total. The summed E-state index contributed by atoms with van der Waals surface area (Å²) in [6, 6.07) is 2.46. The molecule has 0 amide bonds. The highest BCUT2D eigenvalue weighted by Gasteiger charge is 2.07. The Balaban J connectivity index is 1.92. The molecule has 0 fully saturated rings. The number of nitrogens with zero attached hydrogens (tertiary/aromatic N) is 4. The van der Waals surface area contributed by atoms with Crippen LogP contribution in [0, 0.1) is 6.92 Å². The van der Waals surface area contributed by atoms with Crippen molar-refractivity contribution in [2.75, 3.05) is 0 Å². The molecule has 2 aromatic heterocycles. The van der Waals surface area contributed by atoms with E-state index in [-0.39, 0.29) is 0 Å². The van der Waals surface area contributed by atoms with E-state index in [0.29, 0.717) is 6.04 Å². The molecule has 5 heteroatoms. The van der Waals surface area contributed by atoms with Gasteiger partial charge in [0.15, 0.2) is 0 Å². The molecule has 104 valence electrons. The second-order valence-electron chi connectivity index (χ2n) is 5.06. The maximum Gasteiger partial charge on any atom is 0.0638 e. The Bertz CT molecular complexity index is 524. The lowest BCUT2D eigenvalue weighted by atomic mass is 10.2. The Morgan fingerprint density at radius 2 is 2.11 bits per heavy atom. The molecule has 2 rings (SSSR count). The molecule has 0 aromatic carbocycles. The Morgan fingerprint density at radius 1 is 1.32 bits per heavy atom. The molecule has 2 heterocycles. The van der Waals surface area contributed by atoms with Crippen molar-refractivity contribution in [3.63, 3.8) is 0 Å². The van der Waals surface area contributed by atoms with E-state index in [1.165, 1.54) is 11.3 Å². The molecule has 0 bridgehead atoms. The standard InChI is InChI=1S/C14H23N5/c1-5-18-10-13(12(4)17-18)8-15-9-14-6-7-16-19(14)11(2)3/h6-7,10-11,15H,5,8-9H2,1-4H3. The molecule has 0 aliphatic heterocycles. The molecule has 0 aliphatic carbocycles. The van der Waals surface area contributed by atoms with Gasteiger partial charge >= 0.3 is 0 Å². The number of hydrogen-bond donors (Lipinski definition) is 1. The number of hydrogen-bond acceptors (Lipinski definition) is 3. The summed E-state index contributed by atoms with van der Waals surface area (Å²) in [7, 11) is 0. The van der Waals surface area contributed by atoms with Crippen LogP contribution in [0.4, 0.5) is 0 Å². The van der Waals surface area contributed by atoms with Gasteiger partial charge in [-0.3, -0.25) is 9.36 Å². The molecule has 19 heavy (non-hydrogen) atoms. The summed E-state index contributed by atoms with van der Waals surface area (Å²) in [6.07, 6.45) is 3.97. The normalized spacial score (nSPS) is 11.4. The van der Waals surface area contributed by atoms with E-state index in [1.54, 1.807) is 0 Å². The molecular weight excluding hydrogens is 238 g/mol. The van der Waals surface area contributed by atoms with Gasteiger partial charge in [-0.15, -0.1) is 0 Å². The maximum absolute atomic E-state index is 4.45. The van der Waals surface area contributed by atoms with Gasteiger partial charge in [-0.1, -0.05) is 0 Å². The van der Waals surface area contributed by atoms with Crippen molar-refractivity contribution in [3.8, 4) is 0 Å². The fourth-order valence-electron chi connectivity index (χ4n) is 2.17. The van der Waals surface area contributed by atoms with E-state index in [2.05, 4.69) is 60.2 Å². The Kier molecular flexibility index (Phi) is 4.37. The predicted octanol–water partition coefficient (Wildman–Crippen LogP) is 2.28. The lowest BCUT2D eigenvalue weighted by Crippen LogP contribution is -2.17. The summed E-state index contributed by atoms with van der Waals surface area (Å²) in [5.74, 6) is 0. The van der Waals surface area contributed by atoms with Gasteiger partial charge in [0.2, 0.25) is 0 Å². The molecule has 0 atom stereocenters. The van der Waals surface area contributed by atoms with Gasteiger partial charge < -0.3 is 5.32 Å². The molecule has 0 spiro atoms. The largest absolute Gasteiger partial charge is 0.307 e. The van der Waals surface area contributed by atoms with E-state index >= 15 is 0 Å². The third-order valence-electron chi connectivity index (χ3n) is 3.23. The zero-order valence-electron chi connectivity index (χ0n) is 12.2. The van der Waals surface area contributed by atoms with Gasteiger partial charge in [0.05, 0.1) is 11.4 Å². The quantitative estimate of drug-likeness (QED) is 0.868. The third-order valence-corrected chi connectivity index (χ3v) is 3.23. The molecule has 0 saturated heterocycles. The predicted molar refractivity (Wildman–Crippen MR) is 75.8 cm³/mol. The van der Waals surface area contributed by atoms with Crippen LogP contribution in [0.1, 0.15) is 43.8 Å². The fraction of sp³-hybridized carbons (Fsp3) is 0.571. The van der Waals surface area contributed by atoms with Gasteiger partial charge in [0.25, 0.3) is 0 Å². The van der Waals surface area contributed by atoms with Crippen LogP contribution in [-0.2, 0) is 19.6 Å². The molecule has 0 aliphatic rings. The highest BCUT2D eigenvalue weighted by atomic mass is 15.3. The van der Waals surface area contributed by atoms with Crippen LogP contribution in [0.5, 0.6) is 0 Å². The summed E-state index contributed by atoms with van der Waals surface area (Å²) in [4.78, 5) is 0. The summed E-state index contributed by atoms with van der Waals surface area (Å²) in [5.41, 5.74) is 3.58. The molecular formula is C14H23N5. The van der Waals surface area contributed by atoms with Crippen molar-refractivity contribution in [1.82, 2.24) is 24.9 Å². The molecule has 5 nitrogen and oxygen atoms in total. The second kappa shape index (κ2) is 6.02. The van der Waals surface area contributed by atoms with E-state index in [0.717, 1.165) is 25.3 Å². The van der Waals surface area contributed by atoms with Crippen LogP contribution < -0.4 is 5.32 Å². The first-order valence-corrected chi connectivity index (χ1v) is 6.87. The van der Waals surface area contributed by atoms with Crippen molar-refractivity contribution in [3.05, 3.63) is 35.4 Å². The minimum Gasteiger partial charge on any atom is -0.307 e. The van der Waals surface area contributed by atoms with Gasteiger partial charge in [-0.2, -0.15) is 10.2 Å². The molecule has 2 aromatic rings. The highest BCUT2D eigenvalue weighted by molar-refractivity contribution is 5.15. The lowest BCUT2D eigenvalue weighted by molar-refractivity contribution is 0.495. The first kappa shape index (κ1) is 13.8. The topological polar surface area (TPSA) is 47.7 Å².